The van der Waals surface area contributed by atoms with Crippen molar-refractivity contribution in [3.8, 4) is 0 Å². The number of nitrogens with one attached hydrogen (secondary N) is 1. The minimum absolute atomic E-state index is 0.0678. The Bertz CT molecular complexity index is 392. The van der Waals surface area contributed by atoms with E-state index in [2.05, 4.69) is 27.3 Å². The standard InChI is InChI=1S/C11H12BrNO2/c12-8-5-1-3-7-4-2-6-9(10(7)8)13-11(14)15/h1,3,5,9,13H,2,4,6H2,(H,14,15). The zero-order valence-corrected chi connectivity index (χ0v) is 9.75. The van der Waals surface area contributed by atoms with E-state index < -0.39 is 6.09 Å². The lowest BCUT2D eigenvalue weighted by Crippen LogP contribution is -2.29. The van der Waals surface area contributed by atoms with Crippen LogP contribution in [0.1, 0.15) is 30.0 Å². The largest absolute Gasteiger partial charge is 0.465 e. The first kappa shape index (κ1) is 10.5. The molecule has 4 heteroatoms. The van der Waals surface area contributed by atoms with E-state index in [9.17, 15) is 4.79 Å². The second kappa shape index (κ2) is 4.23. The van der Waals surface area contributed by atoms with Crippen molar-refractivity contribution < 1.29 is 9.90 Å². The van der Waals surface area contributed by atoms with E-state index >= 15 is 0 Å². The molecule has 0 aromatic heterocycles. The molecule has 2 N–H and O–H groups in total. The molecule has 0 heterocycles. The topological polar surface area (TPSA) is 49.3 Å². The monoisotopic (exact) mass is 269 g/mol. The molecule has 1 aliphatic rings. The Balaban J connectivity index is 2.36. The van der Waals surface area contributed by atoms with Crippen molar-refractivity contribution >= 4 is 22.0 Å². The number of fused-ring (bicyclic) bond motifs is 1. The van der Waals surface area contributed by atoms with E-state index in [0.717, 1.165) is 29.3 Å². The van der Waals surface area contributed by atoms with Crippen molar-refractivity contribution in [1.82, 2.24) is 5.32 Å². The Kier molecular flexibility index (Phi) is 2.95. The number of amides is 1. The first-order valence-corrected chi connectivity index (χ1v) is 5.74. The molecule has 0 spiro atoms. The lowest BCUT2D eigenvalue weighted by Gasteiger charge is -2.26. The summed E-state index contributed by atoms with van der Waals surface area (Å²) in [7, 11) is 0. The molecule has 1 aromatic carbocycles. The second-order valence-electron chi connectivity index (χ2n) is 3.71. The molecule has 1 atom stereocenters. The molecule has 1 unspecified atom stereocenters. The van der Waals surface area contributed by atoms with Crippen molar-refractivity contribution in [2.75, 3.05) is 0 Å². The van der Waals surface area contributed by atoms with Crippen molar-refractivity contribution in [1.29, 1.82) is 0 Å². The smallest absolute Gasteiger partial charge is 0.405 e. The molecule has 1 aromatic rings. The van der Waals surface area contributed by atoms with Gasteiger partial charge in [0, 0.05) is 4.47 Å². The first-order chi connectivity index (χ1) is 7.18. The third kappa shape index (κ3) is 2.15. The Morgan fingerprint density at radius 3 is 3.07 bits per heavy atom. The van der Waals surface area contributed by atoms with Crippen LogP contribution < -0.4 is 5.32 Å². The minimum atomic E-state index is -0.955. The van der Waals surface area contributed by atoms with Crippen LogP contribution in [0.5, 0.6) is 0 Å². The maximum Gasteiger partial charge on any atom is 0.405 e. The zero-order chi connectivity index (χ0) is 10.8. The van der Waals surface area contributed by atoms with Gasteiger partial charge < -0.3 is 10.4 Å². The third-order valence-corrected chi connectivity index (χ3v) is 3.42. The summed E-state index contributed by atoms with van der Waals surface area (Å²) in [5.41, 5.74) is 2.35. The summed E-state index contributed by atoms with van der Waals surface area (Å²) in [6.45, 7) is 0. The van der Waals surface area contributed by atoms with E-state index in [1.807, 2.05) is 12.1 Å². The van der Waals surface area contributed by atoms with Gasteiger partial charge in [-0.05, 0) is 36.5 Å². The van der Waals surface area contributed by atoms with Crippen LogP contribution in [0.2, 0.25) is 0 Å². The highest BCUT2D eigenvalue weighted by atomic mass is 79.9. The highest BCUT2D eigenvalue weighted by molar-refractivity contribution is 9.10. The summed E-state index contributed by atoms with van der Waals surface area (Å²) < 4.78 is 0.999. The summed E-state index contributed by atoms with van der Waals surface area (Å²) in [6.07, 6.45) is 1.99. The van der Waals surface area contributed by atoms with Crippen LogP contribution >= 0.6 is 15.9 Å². The first-order valence-electron chi connectivity index (χ1n) is 4.95. The maximum atomic E-state index is 10.7. The maximum absolute atomic E-state index is 10.7. The predicted octanol–water partition coefficient (Wildman–Crippen LogP) is 3.09. The number of benzene rings is 1. The summed E-state index contributed by atoms with van der Waals surface area (Å²) in [5, 5.41) is 11.3. The molecule has 0 saturated heterocycles. The number of carboxylic acid groups (broad SMARTS) is 1. The number of rotatable bonds is 1. The Labute approximate surface area is 96.6 Å². The van der Waals surface area contributed by atoms with Gasteiger partial charge >= 0.3 is 6.09 Å². The van der Waals surface area contributed by atoms with E-state index in [1.54, 1.807) is 0 Å². The summed E-state index contributed by atoms with van der Waals surface area (Å²) in [4.78, 5) is 10.7. The van der Waals surface area contributed by atoms with Crippen molar-refractivity contribution in [3.05, 3.63) is 33.8 Å². The second-order valence-corrected chi connectivity index (χ2v) is 4.56. The van der Waals surface area contributed by atoms with Crippen LogP contribution in [0.4, 0.5) is 4.79 Å². The lowest BCUT2D eigenvalue weighted by atomic mass is 9.88. The lowest BCUT2D eigenvalue weighted by molar-refractivity contribution is 0.188. The fourth-order valence-corrected chi connectivity index (χ4v) is 2.81. The summed E-state index contributed by atoms with van der Waals surface area (Å²) in [6, 6.07) is 5.95. The molecule has 15 heavy (non-hydrogen) atoms. The van der Waals surface area contributed by atoms with E-state index in [0.29, 0.717) is 0 Å². The van der Waals surface area contributed by atoms with Crippen LogP contribution in [0, 0.1) is 0 Å². The number of hydrogen-bond donors (Lipinski definition) is 2. The van der Waals surface area contributed by atoms with Gasteiger partial charge in [0.25, 0.3) is 0 Å². The molecule has 0 saturated carbocycles. The molecular formula is C11H12BrNO2. The van der Waals surface area contributed by atoms with Gasteiger partial charge in [-0.2, -0.15) is 0 Å². The van der Waals surface area contributed by atoms with Crippen LogP contribution in [0.3, 0.4) is 0 Å². The van der Waals surface area contributed by atoms with Crippen LogP contribution in [-0.4, -0.2) is 11.2 Å². The highest BCUT2D eigenvalue weighted by Gasteiger charge is 2.23. The zero-order valence-electron chi connectivity index (χ0n) is 8.16. The molecule has 1 amide bonds. The van der Waals surface area contributed by atoms with Crippen LogP contribution in [0.25, 0.3) is 0 Å². The summed E-state index contributed by atoms with van der Waals surface area (Å²) in [5.74, 6) is 0. The summed E-state index contributed by atoms with van der Waals surface area (Å²) >= 11 is 3.48. The average molecular weight is 270 g/mol. The molecule has 0 radical (unpaired) electrons. The predicted molar refractivity (Wildman–Crippen MR) is 61.0 cm³/mol. The Morgan fingerprint density at radius 2 is 2.33 bits per heavy atom. The van der Waals surface area contributed by atoms with Crippen LogP contribution in [0.15, 0.2) is 22.7 Å². The van der Waals surface area contributed by atoms with E-state index in [-0.39, 0.29) is 6.04 Å². The fourth-order valence-electron chi connectivity index (χ4n) is 2.12. The van der Waals surface area contributed by atoms with Gasteiger partial charge in [-0.25, -0.2) is 4.79 Å². The number of hydrogen-bond acceptors (Lipinski definition) is 1. The fraction of sp³-hybridized carbons (Fsp3) is 0.364. The normalized spacial score (nSPS) is 19.4. The van der Waals surface area contributed by atoms with Gasteiger partial charge in [0.15, 0.2) is 0 Å². The van der Waals surface area contributed by atoms with E-state index in [1.165, 1.54) is 5.56 Å². The molecule has 0 fully saturated rings. The molecule has 3 nitrogen and oxygen atoms in total. The number of halogens is 1. The van der Waals surface area contributed by atoms with Gasteiger partial charge in [0.2, 0.25) is 0 Å². The van der Waals surface area contributed by atoms with Crippen molar-refractivity contribution in [2.24, 2.45) is 0 Å². The molecule has 80 valence electrons. The van der Waals surface area contributed by atoms with Gasteiger partial charge in [-0.15, -0.1) is 0 Å². The van der Waals surface area contributed by atoms with Crippen LogP contribution in [-0.2, 0) is 6.42 Å². The van der Waals surface area contributed by atoms with Gasteiger partial charge in [-0.3, -0.25) is 0 Å². The number of aryl methyl sites for hydroxylation is 1. The highest BCUT2D eigenvalue weighted by Crippen LogP contribution is 2.34. The Morgan fingerprint density at radius 1 is 1.53 bits per heavy atom. The quantitative estimate of drug-likeness (QED) is 0.823. The van der Waals surface area contributed by atoms with Crippen molar-refractivity contribution in [3.63, 3.8) is 0 Å². The third-order valence-electron chi connectivity index (χ3n) is 2.73. The minimum Gasteiger partial charge on any atom is -0.465 e. The van der Waals surface area contributed by atoms with Gasteiger partial charge in [0.05, 0.1) is 6.04 Å². The Hall–Kier alpha value is -1.03. The van der Waals surface area contributed by atoms with E-state index in [4.69, 9.17) is 5.11 Å². The SMILES string of the molecule is O=C(O)NC1CCCc2cccc(Br)c21. The molecule has 0 bridgehead atoms. The van der Waals surface area contributed by atoms with Gasteiger partial charge in [0.1, 0.15) is 0 Å². The number of carbonyl (C=O) groups is 1. The molecule has 0 aliphatic heterocycles. The molecule has 2 rings (SSSR count). The molecular weight excluding hydrogens is 258 g/mol. The molecule has 1 aliphatic carbocycles. The average Bonchev–Trinajstić information content (AvgIpc) is 2.17. The van der Waals surface area contributed by atoms with Crippen molar-refractivity contribution in [2.45, 2.75) is 25.3 Å². The van der Waals surface area contributed by atoms with Gasteiger partial charge in [-0.1, -0.05) is 28.1 Å².